The predicted octanol–water partition coefficient (Wildman–Crippen LogP) is 2.36. The van der Waals surface area contributed by atoms with E-state index in [1.807, 2.05) is 42.1 Å². The molecule has 2 aliphatic rings. The number of pyridine rings is 1. The molecule has 0 aliphatic carbocycles. The van der Waals surface area contributed by atoms with Gasteiger partial charge in [0, 0.05) is 45.3 Å². The van der Waals surface area contributed by atoms with Crippen LogP contribution in [0.25, 0.3) is 0 Å². The van der Waals surface area contributed by atoms with Crippen molar-refractivity contribution in [2.45, 2.75) is 51.7 Å². The molecule has 0 bridgehead atoms. The van der Waals surface area contributed by atoms with Crippen molar-refractivity contribution in [3.63, 3.8) is 0 Å². The molecule has 30 heavy (non-hydrogen) atoms. The van der Waals surface area contributed by atoms with Gasteiger partial charge in [-0.15, -0.1) is 0 Å². The fourth-order valence-corrected chi connectivity index (χ4v) is 4.07. The highest BCUT2D eigenvalue weighted by Gasteiger charge is 2.36. The topological polar surface area (TPSA) is 74.4 Å². The van der Waals surface area contributed by atoms with Crippen LogP contribution in [0.2, 0.25) is 0 Å². The Hall–Kier alpha value is -2.46. The van der Waals surface area contributed by atoms with E-state index in [0.29, 0.717) is 25.1 Å². The van der Waals surface area contributed by atoms with E-state index in [1.54, 1.807) is 0 Å². The lowest BCUT2D eigenvalue weighted by molar-refractivity contribution is -0.145. The lowest BCUT2D eigenvalue weighted by Gasteiger charge is -2.36. The highest BCUT2D eigenvalue weighted by Crippen LogP contribution is 2.27. The van der Waals surface area contributed by atoms with Gasteiger partial charge in [-0.1, -0.05) is 6.07 Å². The zero-order valence-corrected chi connectivity index (χ0v) is 16.9. The van der Waals surface area contributed by atoms with Crippen LogP contribution in [0.5, 0.6) is 0 Å². The molecule has 1 N–H and O–H groups in total. The van der Waals surface area contributed by atoms with Gasteiger partial charge in [-0.3, -0.25) is 9.69 Å². The summed E-state index contributed by atoms with van der Waals surface area (Å²) in [6.45, 7) is 7.00. The number of hydrogen-bond donors (Lipinski definition) is 1. The largest absolute Gasteiger partial charge is 0.449 e. The molecule has 0 aromatic carbocycles. The number of halogens is 3. The Kier molecular flexibility index (Phi) is 5.54. The number of H-pyrrole nitrogens is 1. The molecule has 162 valence electrons. The second-order valence-electron chi connectivity index (χ2n) is 7.99. The molecule has 0 saturated carbocycles. The molecule has 1 saturated heterocycles. The summed E-state index contributed by atoms with van der Waals surface area (Å²) in [7, 11) is 0. The van der Waals surface area contributed by atoms with Gasteiger partial charge in [0.15, 0.2) is 0 Å². The van der Waals surface area contributed by atoms with Crippen LogP contribution in [-0.2, 0) is 30.4 Å². The Morgan fingerprint density at radius 2 is 1.97 bits per heavy atom. The number of alkyl halides is 3. The predicted molar refractivity (Wildman–Crippen MR) is 104 cm³/mol. The van der Waals surface area contributed by atoms with Crippen molar-refractivity contribution in [2.24, 2.45) is 0 Å². The smallest absolute Gasteiger partial charge is 0.372 e. The van der Waals surface area contributed by atoms with E-state index < -0.39 is 17.6 Å². The van der Waals surface area contributed by atoms with Gasteiger partial charge in [0.25, 0.3) is 5.56 Å². The standard InChI is InChI=1S/C20H24F3N5O2/c1-12-8-28(9-13(2)30-12)17-4-3-14(7-24-17)10-27-6-5-16-15(11-27)18(29)26-19(25-16)20(21,22)23/h3-4,7,12-13H,5-6,8-11H2,1-2H3,(H,25,26,29). The fourth-order valence-electron chi connectivity index (χ4n) is 4.07. The van der Waals surface area contributed by atoms with Crippen LogP contribution < -0.4 is 10.5 Å². The minimum Gasteiger partial charge on any atom is -0.372 e. The van der Waals surface area contributed by atoms with Crippen LogP contribution in [0.4, 0.5) is 19.0 Å². The van der Waals surface area contributed by atoms with Gasteiger partial charge in [0.1, 0.15) is 5.82 Å². The number of aromatic nitrogens is 3. The number of morpholine rings is 1. The summed E-state index contributed by atoms with van der Waals surface area (Å²) in [5.74, 6) is -0.337. The van der Waals surface area contributed by atoms with Gasteiger partial charge in [-0.25, -0.2) is 9.97 Å². The minimum atomic E-state index is -4.66. The van der Waals surface area contributed by atoms with Crippen molar-refractivity contribution in [3.8, 4) is 0 Å². The third-order valence-electron chi connectivity index (χ3n) is 5.38. The molecule has 2 aromatic rings. The van der Waals surface area contributed by atoms with E-state index in [0.717, 1.165) is 24.5 Å². The highest BCUT2D eigenvalue weighted by molar-refractivity contribution is 5.40. The first-order chi connectivity index (χ1) is 14.2. The average molecular weight is 423 g/mol. The number of nitrogens with one attached hydrogen (secondary N) is 1. The maximum Gasteiger partial charge on any atom is 0.449 e. The Balaban J connectivity index is 1.43. The molecule has 2 aliphatic heterocycles. The molecule has 0 spiro atoms. The van der Waals surface area contributed by atoms with Gasteiger partial charge < -0.3 is 14.6 Å². The number of rotatable bonds is 3. The SMILES string of the molecule is CC1CN(c2ccc(CN3CCc4nc(C(F)(F)F)[nH]c(=O)c4C3)cn2)CC(C)O1. The highest BCUT2D eigenvalue weighted by atomic mass is 19.4. The lowest BCUT2D eigenvalue weighted by atomic mass is 10.1. The first kappa shape index (κ1) is 20.8. The van der Waals surface area contributed by atoms with Crippen molar-refractivity contribution >= 4 is 5.82 Å². The number of ether oxygens (including phenoxy) is 1. The quantitative estimate of drug-likeness (QED) is 0.817. The van der Waals surface area contributed by atoms with Gasteiger partial charge in [0.2, 0.25) is 5.82 Å². The maximum atomic E-state index is 12.9. The fraction of sp³-hybridized carbons (Fsp3) is 0.550. The van der Waals surface area contributed by atoms with E-state index in [-0.39, 0.29) is 24.4 Å². The van der Waals surface area contributed by atoms with E-state index in [9.17, 15) is 18.0 Å². The monoisotopic (exact) mass is 423 g/mol. The summed E-state index contributed by atoms with van der Waals surface area (Å²) in [6.07, 6.45) is -2.25. The Labute approximate surface area is 171 Å². The second-order valence-corrected chi connectivity index (χ2v) is 7.99. The van der Waals surface area contributed by atoms with Crippen LogP contribution in [-0.4, -0.2) is 51.7 Å². The molecule has 2 atom stereocenters. The van der Waals surface area contributed by atoms with E-state index >= 15 is 0 Å². The Morgan fingerprint density at radius 1 is 1.23 bits per heavy atom. The van der Waals surface area contributed by atoms with Crippen LogP contribution in [0.1, 0.15) is 36.5 Å². The lowest BCUT2D eigenvalue weighted by Crippen LogP contribution is -2.45. The van der Waals surface area contributed by atoms with Crippen LogP contribution in [0.15, 0.2) is 23.1 Å². The van der Waals surface area contributed by atoms with E-state index in [2.05, 4.69) is 14.9 Å². The van der Waals surface area contributed by atoms with Crippen molar-refractivity contribution in [1.82, 2.24) is 19.9 Å². The van der Waals surface area contributed by atoms with E-state index in [4.69, 9.17) is 4.74 Å². The molecule has 2 aromatic heterocycles. The van der Waals surface area contributed by atoms with Crippen LogP contribution in [0.3, 0.4) is 0 Å². The molecule has 0 amide bonds. The van der Waals surface area contributed by atoms with Crippen molar-refractivity contribution in [3.05, 3.63) is 51.3 Å². The minimum absolute atomic E-state index is 0.146. The summed E-state index contributed by atoms with van der Waals surface area (Å²) in [5, 5.41) is 0. The first-order valence-electron chi connectivity index (χ1n) is 9.96. The van der Waals surface area contributed by atoms with E-state index in [1.165, 1.54) is 0 Å². The zero-order valence-electron chi connectivity index (χ0n) is 16.9. The third-order valence-corrected chi connectivity index (χ3v) is 5.38. The molecular weight excluding hydrogens is 399 g/mol. The van der Waals surface area contributed by atoms with Gasteiger partial charge in [-0.2, -0.15) is 13.2 Å². The Bertz CT molecular complexity index is 950. The third kappa shape index (κ3) is 4.49. The van der Waals surface area contributed by atoms with Gasteiger partial charge in [0.05, 0.1) is 23.5 Å². The summed E-state index contributed by atoms with van der Waals surface area (Å²) < 4.78 is 44.3. The second kappa shape index (κ2) is 7.99. The maximum absolute atomic E-state index is 12.9. The van der Waals surface area contributed by atoms with Crippen molar-refractivity contribution < 1.29 is 17.9 Å². The van der Waals surface area contributed by atoms with Gasteiger partial charge in [-0.05, 0) is 25.5 Å². The molecule has 0 radical (unpaired) electrons. The number of nitrogens with zero attached hydrogens (tertiary/aromatic N) is 4. The molecule has 4 rings (SSSR count). The number of hydrogen-bond acceptors (Lipinski definition) is 6. The van der Waals surface area contributed by atoms with Crippen LogP contribution >= 0.6 is 0 Å². The summed E-state index contributed by atoms with van der Waals surface area (Å²) >= 11 is 0. The normalized spacial score (nSPS) is 22.8. The van der Waals surface area contributed by atoms with Gasteiger partial charge >= 0.3 is 6.18 Å². The van der Waals surface area contributed by atoms with Crippen molar-refractivity contribution in [1.29, 1.82) is 0 Å². The van der Waals surface area contributed by atoms with Crippen molar-refractivity contribution in [2.75, 3.05) is 24.5 Å². The molecule has 7 nitrogen and oxygen atoms in total. The number of fused-ring (bicyclic) bond motifs is 1. The molecule has 2 unspecified atom stereocenters. The molecular formula is C20H24F3N5O2. The summed E-state index contributed by atoms with van der Waals surface area (Å²) in [6, 6.07) is 3.97. The number of anilines is 1. The first-order valence-corrected chi connectivity index (χ1v) is 9.96. The Morgan fingerprint density at radius 3 is 2.60 bits per heavy atom. The summed E-state index contributed by atoms with van der Waals surface area (Å²) in [5.41, 5.74) is 0.787. The number of aromatic amines is 1. The average Bonchev–Trinajstić information content (AvgIpc) is 2.67. The molecule has 1 fully saturated rings. The zero-order chi connectivity index (χ0) is 21.5. The molecule has 10 heteroatoms. The van der Waals surface area contributed by atoms with Crippen LogP contribution in [0, 0.1) is 0 Å². The summed E-state index contributed by atoms with van der Waals surface area (Å²) in [4.78, 5) is 26.4. The molecule has 4 heterocycles.